The van der Waals surface area contributed by atoms with Gasteiger partial charge >= 0.3 is 0 Å². The van der Waals surface area contributed by atoms with E-state index >= 15 is 0 Å². The topological polar surface area (TPSA) is 115 Å². The van der Waals surface area contributed by atoms with Crippen LogP contribution in [0.5, 0.6) is 0 Å². The number of nitrogens with zero attached hydrogens (tertiary/aromatic N) is 3. The Morgan fingerprint density at radius 1 is 0.909 bits per heavy atom. The third kappa shape index (κ3) is 4.83. The first kappa shape index (κ1) is 15.9. The third-order valence-electron chi connectivity index (χ3n) is 2.70. The van der Waals surface area contributed by atoms with Crippen LogP contribution in [0.4, 0.5) is 23.5 Å². The average molecular weight is 304 g/mol. The monoisotopic (exact) mass is 304 g/mol. The minimum atomic E-state index is -0.0221. The Labute approximate surface area is 128 Å². The van der Waals surface area contributed by atoms with E-state index < -0.39 is 0 Å². The molecule has 1 heterocycles. The van der Waals surface area contributed by atoms with Crippen molar-refractivity contribution < 1.29 is 10.2 Å². The van der Waals surface area contributed by atoms with Gasteiger partial charge in [0.15, 0.2) is 0 Å². The Hall–Kier alpha value is -2.45. The van der Waals surface area contributed by atoms with Crippen molar-refractivity contribution in [3.8, 4) is 0 Å². The van der Waals surface area contributed by atoms with Crippen molar-refractivity contribution in [2.45, 2.75) is 6.92 Å². The van der Waals surface area contributed by atoms with Crippen LogP contribution in [0.15, 0.2) is 24.3 Å². The summed E-state index contributed by atoms with van der Waals surface area (Å²) in [6.07, 6.45) is 0. The van der Waals surface area contributed by atoms with E-state index in [9.17, 15) is 0 Å². The standard InChI is InChI=1S/C14H20N6O2/c1-10-3-2-4-11(9-10)17-14-19-12(15-5-7-21)18-13(20-14)16-6-8-22/h2-4,9,21-22H,5-8H2,1H3,(H3,15,16,17,18,19,20). The van der Waals surface area contributed by atoms with Gasteiger partial charge in [0.25, 0.3) is 0 Å². The quantitative estimate of drug-likeness (QED) is 0.485. The van der Waals surface area contributed by atoms with Gasteiger partial charge in [-0.25, -0.2) is 0 Å². The summed E-state index contributed by atoms with van der Waals surface area (Å²) in [6.45, 7) is 2.64. The van der Waals surface area contributed by atoms with Gasteiger partial charge in [0, 0.05) is 18.8 Å². The lowest BCUT2D eigenvalue weighted by atomic mass is 10.2. The number of hydrogen-bond donors (Lipinski definition) is 5. The smallest absolute Gasteiger partial charge is 0.233 e. The molecular formula is C14H20N6O2. The Morgan fingerprint density at radius 2 is 1.50 bits per heavy atom. The van der Waals surface area contributed by atoms with Crippen molar-refractivity contribution in [1.82, 2.24) is 15.0 Å². The second-order valence-corrected chi connectivity index (χ2v) is 4.60. The highest BCUT2D eigenvalue weighted by atomic mass is 16.3. The minimum Gasteiger partial charge on any atom is -0.395 e. The number of hydrogen-bond acceptors (Lipinski definition) is 8. The zero-order valence-corrected chi connectivity index (χ0v) is 12.4. The minimum absolute atomic E-state index is 0.0221. The largest absolute Gasteiger partial charge is 0.395 e. The van der Waals surface area contributed by atoms with E-state index in [1.165, 1.54) is 0 Å². The lowest BCUT2D eigenvalue weighted by Crippen LogP contribution is -2.14. The Kier molecular flexibility index (Phi) is 5.87. The number of aromatic nitrogens is 3. The molecule has 0 fully saturated rings. The molecule has 0 radical (unpaired) electrons. The molecule has 22 heavy (non-hydrogen) atoms. The lowest BCUT2D eigenvalue weighted by Gasteiger charge is -2.10. The molecule has 0 atom stereocenters. The molecule has 1 aromatic carbocycles. The van der Waals surface area contributed by atoms with Crippen molar-refractivity contribution in [3.63, 3.8) is 0 Å². The molecular weight excluding hydrogens is 284 g/mol. The Bertz CT molecular complexity index is 581. The number of aliphatic hydroxyl groups excluding tert-OH is 2. The molecule has 2 aromatic rings. The van der Waals surface area contributed by atoms with E-state index in [-0.39, 0.29) is 13.2 Å². The maximum atomic E-state index is 8.88. The van der Waals surface area contributed by atoms with Gasteiger partial charge in [-0.15, -0.1) is 0 Å². The highest BCUT2D eigenvalue weighted by molar-refractivity contribution is 5.56. The molecule has 0 amide bonds. The molecule has 0 aliphatic rings. The molecule has 0 spiro atoms. The van der Waals surface area contributed by atoms with Crippen LogP contribution in [-0.2, 0) is 0 Å². The molecule has 0 unspecified atom stereocenters. The Morgan fingerprint density at radius 3 is 2.05 bits per heavy atom. The van der Waals surface area contributed by atoms with Crippen molar-refractivity contribution in [1.29, 1.82) is 0 Å². The zero-order chi connectivity index (χ0) is 15.8. The van der Waals surface area contributed by atoms with Gasteiger partial charge in [-0.05, 0) is 24.6 Å². The number of anilines is 4. The average Bonchev–Trinajstić information content (AvgIpc) is 2.51. The maximum absolute atomic E-state index is 8.88. The summed E-state index contributed by atoms with van der Waals surface area (Å²) in [7, 11) is 0. The van der Waals surface area contributed by atoms with Gasteiger partial charge in [0.1, 0.15) is 0 Å². The van der Waals surface area contributed by atoms with Gasteiger partial charge in [-0.2, -0.15) is 15.0 Å². The second-order valence-electron chi connectivity index (χ2n) is 4.60. The van der Waals surface area contributed by atoms with Crippen molar-refractivity contribution in [3.05, 3.63) is 29.8 Å². The number of benzene rings is 1. The fraction of sp³-hybridized carbons (Fsp3) is 0.357. The number of rotatable bonds is 8. The SMILES string of the molecule is Cc1cccc(Nc2nc(NCCO)nc(NCCO)n2)c1. The summed E-state index contributed by atoms with van der Waals surface area (Å²) >= 11 is 0. The van der Waals surface area contributed by atoms with Gasteiger partial charge in [0.2, 0.25) is 17.8 Å². The highest BCUT2D eigenvalue weighted by Gasteiger charge is 2.06. The summed E-state index contributed by atoms with van der Waals surface area (Å²) in [4.78, 5) is 12.7. The predicted molar refractivity (Wildman–Crippen MR) is 85.4 cm³/mol. The van der Waals surface area contributed by atoms with Crippen LogP contribution in [-0.4, -0.2) is 51.5 Å². The molecule has 0 aliphatic heterocycles. The highest BCUT2D eigenvalue weighted by Crippen LogP contribution is 2.16. The van der Waals surface area contributed by atoms with Crippen molar-refractivity contribution in [2.75, 3.05) is 42.3 Å². The number of nitrogens with one attached hydrogen (secondary N) is 3. The first-order chi connectivity index (χ1) is 10.7. The predicted octanol–water partition coefficient (Wildman–Crippen LogP) is 0.732. The molecule has 8 nitrogen and oxygen atoms in total. The molecule has 0 saturated carbocycles. The summed E-state index contributed by atoms with van der Waals surface area (Å²) in [6, 6.07) is 7.83. The zero-order valence-electron chi connectivity index (χ0n) is 12.4. The third-order valence-corrected chi connectivity index (χ3v) is 2.70. The van der Waals surface area contributed by atoms with Crippen molar-refractivity contribution >= 4 is 23.5 Å². The van der Waals surface area contributed by atoms with Gasteiger partial charge in [-0.1, -0.05) is 12.1 Å². The van der Waals surface area contributed by atoms with Crippen LogP contribution in [0, 0.1) is 6.92 Å². The molecule has 5 N–H and O–H groups in total. The molecule has 118 valence electrons. The lowest BCUT2D eigenvalue weighted by molar-refractivity contribution is 0.310. The van der Waals surface area contributed by atoms with Crippen LogP contribution in [0.25, 0.3) is 0 Å². The molecule has 0 aliphatic carbocycles. The Balaban J connectivity index is 2.20. The van der Waals surface area contributed by atoms with E-state index in [0.717, 1.165) is 11.3 Å². The van der Waals surface area contributed by atoms with E-state index in [1.54, 1.807) is 0 Å². The van der Waals surface area contributed by atoms with Crippen LogP contribution < -0.4 is 16.0 Å². The second kappa shape index (κ2) is 8.11. The van der Waals surface area contributed by atoms with Crippen LogP contribution >= 0.6 is 0 Å². The van der Waals surface area contributed by atoms with E-state index in [1.807, 2.05) is 31.2 Å². The maximum Gasteiger partial charge on any atom is 0.233 e. The number of aryl methyl sites for hydroxylation is 1. The van der Waals surface area contributed by atoms with Crippen LogP contribution in [0.1, 0.15) is 5.56 Å². The molecule has 0 saturated heterocycles. The normalized spacial score (nSPS) is 10.3. The van der Waals surface area contributed by atoms with Crippen LogP contribution in [0.2, 0.25) is 0 Å². The fourth-order valence-electron chi connectivity index (χ4n) is 1.78. The van der Waals surface area contributed by atoms with Gasteiger partial charge in [-0.3, -0.25) is 0 Å². The van der Waals surface area contributed by atoms with Crippen LogP contribution in [0.3, 0.4) is 0 Å². The van der Waals surface area contributed by atoms with E-state index in [4.69, 9.17) is 10.2 Å². The molecule has 2 rings (SSSR count). The summed E-state index contributed by atoms with van der Waals surface area (Å²) in [5.74, 6) is 1.07. The summed E-state index contributed by atoms with van der Waals surface area (Å²) in [5, 5.41) is 26.6. The van der Waals surface area contributed by atoms with E-state index in [2.05, 4.69) is 30.9 Å². The van der Waals surface area contributed by atoms with Crippen molar-refractivity contribution in [2.24, 2.45) is 0 Å². The van der Waals surface area contributed by atoms with Gasteiger partial charge < -0.3 is 26.2 Å². The molecule has 8 heteroatoms. The summed E-state index contributed by atoms with van der Waals surface area (Å²) in [5.41, 5.74) is 1.99. The first-order valence-corrected chi connectivity index (χ1v) is 7.00. The molecule has 0 bridgehead atoms. The molecule has 1 aromatic heterocycles. The fourth-order valence-corrected chi connectivity index (χ4v) is 1.78. The number of aliphatic hydroxyl groups is 2. The summed E-state index contributed by atoms with van der Waals surface area (Å²) < 4.78 is 0. The van der Waals surface area contributed by atoms with Gasteiger partial charge in [0.05, 0.1) is 13.2 Å². The van der Waals surface area contributed by atoms with E-state index in [0.29, 0.717) is 30.9 Å². The first-order valence-electron chi connectivity index (χ1n) is 7.00.